The van der Waals surface area contributed by atoms with Gasteiger partial charge in [0, 0.05) is 18.8 Å². The number of furan rings is 1. The number of nitrogens with zero attached hydrogens (tertiary/aromatic N) is 1. The zero-order valence-corrected chi connectivity index (χ0v) is 14.7. The number of halogens is 1. The highest BCUT2D eigenvalue weighted by Gasteiger charge is 2.15. The number of urea groups is 1. The lowest BCUT2D eigenvalue weighted by atomic mass is 10.2. The minimum absolute atomic E-state index is 0.180. The number of hydrogen-bond donors (Lipinski definition) is 2. The molecule has 0 bridgehead atoms. The van der Waals surface area contributed by atoms with Gasteiger partial charge in [-0.1, -0.05) is 0 Å². The first-order chi connectivity index (χ1) is 11.3. The van der Waals surface area contributed by atoms with E-state index in [4.69, 9.17) is 4.42 Å². The summed E-state index contributed by atoms with van der Waals surface area (Å²) in [4.78, 5) is 13.9. The van der Waals surface area contributed by atoms with Crippen LogP contribution in [-0.4, -0.2) is 19.1 Å². The van der Waals surface area contributed by atoms with Crippen molar-refractivity contribution in [1.29, 1.82) is 0 Å². The molecule has 2 amide bonds. The Morgan fingerprint density at radius 1 is 1.21 bits per heavy atom. The van der Waals surface area contributed by atoms with Crippen LogP contribution in [0, 0.1) is 12.7 Å². The molecule has 2 rings (SSSR count). The van der Waals surface area contributed by atoms with E-state index in [-0.39, 0.29) is 17.9 Å². The van der Waals surface area contributed by atoms with Crippen LogP contribution < -0.4 is 15.5 Å². The lowest BCUT2D eigenvalue weighted by molar-refractivity contribution is 0.247. The number of carbonyl (C=O) groups is 1. The fourth-order valence-corrected chi connectivity index (χ4v) is 2.27. The van der Waals surface area contributed by atoms with E-state index in [1.54, 1.807) is 12.1 Å². The van der Waals surface area contributed by atoms with Crippen molar-refractivity contribution in [2.45, 2.75) is 39.8 Å². The van der Waals surface area contributed by atoms with Gasteiger partial charge < -0.3 is 20.0 Å². The standard InChI is InChI=1S/C18H24FN3O2/c1-11(2)22(5)16-8-7-14(10-15(16)19)21-18(23)20-13(4)17-9-6-12(3)24-17/h6-11,13H,1-5H3,(H2,20,21,23). The lowest BCUT2D eigenvalue weighted by Gasteiger charge is -2.24. The van der Waals surface area contributed by atoms with E-state index < -0.39 is 6.03 Å². The molecule has 2 N–H and O–H groups in total. The number of aryl methyl sites for hydroxylation is 1. The first-order valence-corrected chi connectivity index (χ1v) is 7.94. The van der Waals surface area contributed by atoms with Crippen molar-refractivity contribution in [3.63, 3.8) is 0 Å². The zero-order valence-electron chi connectivity index (χ0n) is 14.7. The van der Waals surface area contributed by atoms with Crippen molar-refractivity contribution in [3.8, 4) is 0 Å². The minimum atomic E-state index is -0.416. The van der Waals surface area contributed by atoms with E-state index in [9.17, 15) is 9.18 Å². The molecule has 24 heavy (non-hydrogen) atoms. The monoisotopic (exact) mass is 333 g/mol. The average Bonchev–Trinajstić information content (AvgIpc) is 2.93. The van der Waals surface area contributed by atoms with Gasteiger partial charge in [0.05, 0.1) is 11.7 Å². The van der Waals surface area contributed by atoms with Crippen LogP contribution in [0.3, 0.4) is 0 Å². The number of nitrogens with one attached hydrogen (secondary N) is 2. The first-order valence-electron chi connectivity index (χ1n) is 7.94. The molecule has 0 radical (unpaired) electrons. The third-order valence-corrected chi connectivity index (χ3v) is 3.90. The Bertz CT molecular complexity index is 712. The molecule has 5 nitrogen and oxygen atoms in total. The fourth-order valence-electron chi connectivity index (χ4n) is 2.27. The SMILES string of the molecule is Cc1ccc(C(C)NC(=O)Nc2ccc(N(C)C(C)C)c(F)c2)o1. The predicted octanol–water partition coefficient (Wildman–Crippen LogP) is 4.45. The molecular formula is C18H24FN3O2. The maximum atomic E-state index is 14.2. The summed E-state index contributed by atoms with van der Waals surface area (Å²) in [6, 6.07) is 7.79. The maximum absolute atomic E-state index is 14.2. The second-order valence-electron chi connectivity index (χ2n) is 6.14. The molecule has 1 aromatic heterocycles. The van der Waals surface area contributed by atoms with Gasteiger partial charge >= 0.3 is 6.03 Å². The van der Waals surface area contributed by atoms with Crippen molar-refractivity contribution in [2.24, 2.45) is 0 Å². The summed E-state index contributed by atoms with van der Waals surface area (Å²) in [6.45, 7) is 7.63. The Hall–Kier alpha value is -2.50. The number of anilines is 2. The van der Waals surface area contributed by atoms with E-state index in [1.807, 2.05) is 51.8 Å². The first kappa shape index (κ1) is 17.8. The van der Waals surface area contributed by atoms with Crippen molar-refractivity contribution < 1.29 is 13.6 Å². The molecule has 1 atom stereocenters. The highest BCUT2D eigenvalue weighted by molar-refractivity contribution is 5.89. The molecule has 0 aliphatic carbocycles. The predicted molar refractivity (Wildman–Crippen MR) is 94.0 cm³/mol. The second kappa shape index (κ2) is 7.38. The molecule has 1 unspecified atom stereocenters. The highest BCUT2D eigenvalue weighted by Crippen LogP contribution is 2.23. The summed E-state index contributed by atoms with van der Waals surface area (Å²) in [6.07, 6.45) is 0. The Kier molecular flexibility index (Phi) is 5.49. The maximum Gasteiger partial charge on any atom is 0.319 e. The molecule has 1 heterocycles. The lowest BCUT2D eigenvalue weighted by Crippen LogP contribution is -2.31. The third-order valence-electron chi connectivity index (χ3n) is 3.90. The molecule has 6 heteroatoms. The molecule has 2 aromatic rings. The second-order valence-corrected chi connectivity index (χ2v) is 6.14. The molecule has 0 spiro atoms. The zero-order chi connectivity index (χ0) is 17.9. The smallest absolute Gasteiger partial charge is 0.319 e. The van der Waals surface area contributed by atoms with Gasteiger partial charge in [0.2, 0.25) is 0 Å². The summed E-state index contributed by atoms with van der Waals surface area (Å²) in [5.74, 6) is 1.08. The molecule has 0 fully saturated rings. The van der Waals surface area contributed by atoms with Gasteiger partial charge in [-0.25, -0.2) is 9.18 Å². The summed E-state index contributed by atoms with van der Waals surface area (Å²) in [7, 11) is 1.83. The molecule has 1 aromatic carbocycles. The fraction of sp³-hybridized carbons (Fsp3) is 0.389. The molecular weight excluding hydrogens is 309 g/mol. The normalized spacial score (nSPS) is 12.1. The topological polar surface area (TPSA) is 57.5 Å². The molecule has 0 aliphatic rings. The van der Waals surface area contributed by atoms with Crippen LogP contribution in [-0.2, 0) is 0 Å². The number of rotatable bonds is 5. The van der Waals surface area contributed by atoms with Crippen molar-refractivity contribution in [1.82, 2.24) is 5.32 Å². The number of carbonyl (C=O) groups excluding carboxylic acids is 1. The Labute approximate surface area is 141 Å². The van der Waals surface area contributed by atoms with Crippen LogP contribution in [0.4, 0.5) is 20.6 Å². The van der Waals surface area contributed by atoms with Gasteiger partial charge in [0.25, 0.3) is 0 Å². The van der Waals surface area contributed by atoms with E-state index in [1.165, 1.54) is 6.07 Å². The van der Waals surface area contributed by atoms with Crippen molar-refractivity contribution in [2.75, 3.05) is 17.3 Å². The van der Waals surface area contributed by atoms with Gasteiger partial charge in [-0.3, -0.25) is 0 Å². The summed E-state index contributed by atoms with van der Waals surface area (Å²) < 4.78 is 19.7. The quantitative estimate of drug-likeness (QED) is 0.849. The summed E-state index contributed by atoms with van der Waals surface area (Å²) >= 11 is 0. The molecule has 0 saturated carbocycles. The van der Waals surface area contributed by atoms with Crippen LogP contribution in [0.2, 0.25) is 0 Å². The van der Waals surface area contributed by atoms with Gasteiger partial charge in [-0.2, -0.15) is 0 Å². The largest absolute Gasteiger partial charge is 0.464 e. The van der Waals surface area contributed by atoms with Gasteiger partial charge in [-0.05, 0) is 58.0 Å². The van der Waals surface area contributed by atoms with E-state index in [2.05, 4.69) is 10.6 Å². The van der Waals surface area contributed by atoms with Crippen LogP contribution >= 0.6 is 0 Å². The van der Waals surface area contributed by atoms with Gasteiger partial charge in [0.15, 0.2) is 0 Å². The van der Waals surface area contributed by atoms with Crippen LogP contribution in [0.1, 0.15) is 38.3 Å². The molecule has 130 valence electrons. The van der Waals surface area contributed by atoms with Crippen molar-refractivity contribution >= 4 is 17.4 Å². The number of benzene rings is 1. The van der Waals surface area contributed by atoms with Crippen LogP contribution in [0.15, 0.2) is 34.7 Å². The van der Waals surface area contributed by atoms with Crippen molar-refractivity contribution in [3.05, 3.63) is 47.7 Å². The Morgan fingerprint density at radius 3 is 2.46 bits per heavy atom. The number of hydrogen-bond acceptors (Lipinski definition) is 3. The van der Waals surface area contributed by atoms with E-state index in [0.29, 0.717) is 17.1 Å². The summed E-state index contributed by atoms with van der Waals surface area (Å²) in [5, 5.41) is 5.39. The Balaban J connectivity index is 2.00. The minimum Gasteiger partial charge on any atom is -0.464 e. The summed E-state index contributed by atoms with van der Waals surface area (Å²) in [5.41, 5.74) is 0.893. The van der Waals surface area contributed by atoms with Gasteiger partial charge in [0.1, 0.15) is 17.3 Å². The average molecular weight is 333 g/mol. The third kappa shape index (κ3) is 4.28. The Morgan fingerprint density at radius 2 is 1.92 bits per heavy atom. The van der Waals surface area contributed by atoms with E-state index >= 15 is 0 Å². The van der Waals surface area contributed by atoms with Crippen LogP contribution in [0.25, 0.3) is 0 Å². The molecule has 0 aliphatic heterocycles. The van der Waals surface area contributed by atoms with E-state index in [0.717, 1.165) is 5.76 Å². The van der Waals surface area contributed by atoms with Gasteiger partial charge in [-0.15, -0.1) is 0 Å². The van der Waals surface area contributed by atoms with Crippen LogP contribution in [0.5, 0.6) is 0 Å². The molecule has 0 saturated heterocycles. The number of amides is 2. The highest BCUT2D eigenvalue weighted by atomic mass is 19.1.